The molecule has 36 heavy (non-hydrogen) atoms. The van der Waals surface area contributed by atoms with Crippen LogP contribution in [0.4, 0.5) is 0 Å². The van der Waals surface area contributed by atoms with Crippen LogP contribution in [0.2, 0.25) is 0 Å². The zero-order valence-corrected chi connectivity index (χ0v) is 19.9. The molecule has 1 spiro atoms. The van der Waals surface area contributed by atoms with Crippen LogP contribution in [0.3, 0.4) is 0 Å². The molecule has 3 heterocycles. The molecule has 16 nitrogen and oxygen atoms in total. The molecule has 4 rings (SSSR count). The van der Waals surface area contributed by atoms with Crippen molar-refractivity contribution in [3.8, 4) is 0 Å². The van der Waals surface area contributed by atoms with E-state index >= 15 is 0 Å². The number of aliphatic hydroxyl groups excluding tert-OH is 8. The van der Waals surface area contributed by atoms with Gasteiger partial charge in [0.15, 0.2) is 12.4 Å². The van der Waals surface area contributed by atoms with Gasteiger partial charge in [0, 0.05) is 0 Å². The quantitative estimate of drug-likeness (QED) is 0.152. The van der Waals surface area contributed by atoms with Crippen LogP contribution in [0, 0.1) is 0 Å². The monoisotopic (exact) mass is 530 g/mol. The lowest BCUT2D eigenvalue weighted by molar-refractivity contribution is -0.683. The predicted octanol–water partition coefficient (Wildman–Crippen LogP) is -9.73. The van der Waals surface area contributed by atoms with E-state index in [2.05, 4.69) is 11.5 Å². The first-order valence-electron chi connectivity index (χ1n) is 12.1. The van der Waals surface area contributed by atoms with Crippen molar-refractivity contribution < 1.29 is 81.3 Å². The number of rotatable bonds is 6. The van der Waals surface area contributed by atoms with Gasteiger partial charge in [-0.3, -0.25) is 0 Å². The highest BCUT2D eigenvalue weighted by atomic mass is 16.9. The lowest BCUT2D eigenvalue weighted by atomic mass is 9.84. The zero-order valence-electron chi connectivity index (χ0n) is 19.9. The normalized spacial score (nSPS) is 54.4. The minimum Gasteiger partial charge on any atom is -0.394 e. The van der Waals surface area contributed by atoms with Gasteiger partial charge < -0.3 is 81.3 Å². The van der Waals surface area contributed by atoms with Crippen LogP contribution in [-0.4, -0.2) is 159 Å². The summed E-state index contributed by atoms with van der Waals surface area (Å²) in [5, 5.41) is 84.9. The summed E-state index contributed by atoms with van der Waals surface area (Å²) in [4.78, 5) is 0. The highest BCUT2D eigenvalue weighted by Crippen LogP contribution is 2.45. The first-order chi connectivity index (χ1) is 17.0. The molecule has 1 aliphatic carbocycles. The maximum absolute atomic E-state index is 10.8. The topological polar surface area (TPSA) is 280 Å². The molecule has 1 unspecified atom stereocenters. The largest absolute Gasteiger partial charge is 0.394 e. The molecule has 16 heteroatoms. The zero-order chi connectivity index (χ0) is 26.5. The Kier molecular flexibility index (Phi) is 8.55. The van der Waals surface area contributed by atoms with E-state index in [9.17, 15) is 40.9 Å². The number of ether oxygens (including phenoxy) is 5. The van der Waals surface area contributed by atoms with E-state index in [0.717, 1.165) is 0 Å². The van der Waals surface area contributed by atoms with E-state index in [1.165, 1.54) is 0 Å². The van der Waals surface area contributed by atoms with E-state index in [1.807, 2.05) is 0 Å². The molecule has 0 aromatic rings. The molecule has 16 N–H and O–H groups in total. The van der Waals surface area contributed by atoms with Gasteiger partial charge in [-0.1, -0.05) is 0 Å². The fourth-order valence-corrected chi connectivity index (χ4v) is 5.40. The minimum atomic E-state index is -2.42. The summed E-state index contributed by atoms with van der Waals surface area (Å²) in [6.07, 6.45) is -16.6. The molecule has 1 saturated carbocycles. The van der Waals surface area contributed by atoms with Gasteiger partial charge >= 0.3 is 5.97 Å². The van der Waals surface area contributed by atoms with Crippen molar-refractivity contribution in [3.63, 3.8) is 0 Å². The Balaban J connectivity index is 1.62. The van der Waals surface area contributed by atoms with Crippen molar-refractivity contribution in [1.29, 1.82) is 0 Å². The van der Waals surface area contributed by atoms with E-state index in [0.29, 0.717) is 6.42 Å². The second kappa shape index (κ2) is 10.9. The van der Waals surface area contributed by atoms with E-state index < -0.39 is 105 Å². The van der Waals surface area contributed by atoms with Gasteiger partial charge in [0.2, 0.25) is 0 Å². The van der Waals surface area contributed by atoms with Crippen LogP contribution in [0.15, 0.2) is 0 Å². The number of aliphatic hydroxyl groups is 8. The first kappa shape index (κ1) is 28.4. The second-order valence-electron chi connectivity index (χ2n) is 10.0. The van der Waals surface area contributed by atoms with Gasteiger partial charge in [0.05, 0.1) is 26.7 Å². The Morgan fingerprint density at radius 2 is 1.61 bits per heavy atom. The summed E-state index contributed by atoms with van der Waals surface area (Å²) in [7, 11) is 1.76. The SMILES string of the molecule is C[NH2+][C@H]1C[C@@H]([NH3+])[C@H](O)[C@@H](O[C@@H]2O[C@H](CO)[C@H](O)[C@@H]3O[C@]4(O[C@H]23)O[C@H](C([NH3+])CO)[C@H](O)[C@H](O)[C@H]4O)[C@@H]1O. The molecule has 0 bridgehead atoms. The Bertz CT molecular complexity index is 756. The Morgan fingerprint density at radius 1 is 0.944 bits per heavy atom. The first-order valence-corrected chi connectivity index (χ1v) is 12.1. The minimum absolute atomic E-state index is 0.333. The number of likely N-dealkylation sites (N-methyl/N-ethyl adjacent to an activating group) is 1. The smallest absolute Gasteiger partial charge is 0.314 e. The third kappa shape index (κ3) is 4.68. The van der Waals surface area contributed by atoms with Crippen LogP contribution in [0.5, 0.6) is 0 Å². The standard InChI is InChI=1S/C20H37N3O13/c1-23-7-2-5(21)9(26)15(10(7)27)33-19-17-16(11(28)8(4-25)32-19)35-20(36-17)18(31)13(30)12(29)14(34-20)6(22)3-24/h5-19,23-31H,2-4,21-22H2,1H3/p+3/t5-,6?,7+,8-,9+,10-,11+,12-,13+,14-,15-,16+,17+,18-,19+,20-/m1/s1. The van der Waals surface area contributed by atoms with Crippen molar-refractivity contribution in [2.45, 2.75) is 104 Å². The third-order valence-corrected chi connectivity index (χ3v) is 7.66. The summed E-state index contributed by atoms with van der Waals surface area (Å²) in [5.41, 5.74) is 7.59. The molecular formula is C20H40N3O13+3. The van der Waals surface area contributed by atoms with Crippen molar-refractivity contribution >= 4 is 0 Å². The van der Waals surface area contributed by atoms with Crippen molar-refractivity contribution in [2.24, 2.45) is 0 Å². The average Bonchev–Trinajstić information content (AvgIpc) is 3.27. The van der Waals surface area contributed by atoms with Gasteiger partial charge in [-0.25, -0.2) is 0 Å². The highest BCUT2D eigenvalue weighted by molar-refractivity contribution is 5.04. The van der Waals surface area contributed by atoms with Crippen molar-refractivity contribution in [1.82, 2.24) is 0 Å². The Labute approximate surface area is 206 Å². The molecule has 3 saturated heterocycles. The molecule has 0 amide bonds. The van der Waals surface area contributed by atoms with Gasteiger partial charge in [-0.05, 0) is 0 Å². The highest BCUT2D eigenvalue weighted by Gasteiger charge is 2.68. The molecule has 3 aliphatic heterocycles. The van der Waals surface area contributed by atoms with Crippen LogP contribution in [-0.2, 0) is 23.7 Å². The lowest BCUT2D eigenvalue weighted by Gasteiger charge is -2.45. The molecular weight excluding hydrogens is 490 g/mol. The van der Waals surface area contributed by atoms with Gasteiger partial charge in [0.25, 0.3) is 0 Å². The fourth-order valence-electron chi connectivity index (χ4n) is 5.40. The summed E-state index contributed by atoms with van der Waals surface area (Å²) >= 11 is 0. The lowest BCUT2D eigenvalue weighted by Crippen LogP contribution is -2.93. The van der Waals surface area contributed by atoms with Crippen molar-refractivity contribution in [3.05, 3.63) is 0 Å². The fraction of sp³-hybridized carbons (Fsp3) is 1.00. The number of nitrogens with two attached hydrogens (primary N) is 1. The van der Waals surface area contributed by atoms with Gasteiger partial charge in [0.1, 0.15) is 79.2 Å². The summed E-state index contributed by atoms with van der Waals surface area (Å²) in [6.45, 7) is -1.19. The van der Waals surface area contributed by atoms with E-state index in [-0.39, 0.29) is 6.04 Å². The molecule has 210 valence electrons. The predicted molar refractivity (Wildman–Crippen MR) is 111 cm³/mol. The summed E-state index contributed by atoms with van der Waals surface area (Å²) in [6, 6.07) is -1.75. The maximum Gasteiger partial charge on any atom is 0.314 e. The Morgan fingerprint density at radius 3 is 2.22 bits per heavy atom. The average molecular weight is 531 g/mol. The van der Waals surface area contributed by atoms with Crippen molar-refractivity contribution in [2.75, 3.05) is 20.3 Å². The summed E-state index contributed by atoms with van der Waals surface area (Å²) < 4.78 is 29.0. The summed E-state index contributed by atoms with van der Waals surface area (Å²) in [5.74, 6) is -2.42. The van der Waals surface area contributed by atoms with Crippen LogP contribution in [0.1, 0.15) is 6.42 Å². The van der Waals surface area contributed by atoms with Crippen LogP contribution in [0.25, 0.3) is 0 Å². The number of hydrogen-bond donors (Lipinski definition) is 11. The van der Waals surface area contributed by atoms with Gasteiger partial charge in [-0.15, -0.1) is 0 Å². The molecule has 0 radical (unpaired) electrons. The van der Waals surface area contributed by atoms with E-state index in [4.69, 9.17) is 23.7 Å². The Hall–Kier alpha value is -0.640. The molecule has 0 aromatic heterocycles. The number of fused-ring (bicyclic) bond motifs is 1. The maximum atomic E-state index is 10.8. The molecule has 4 aliphatic rings. The van der Waals surface area contributed by atoms with Crippen LogP contribution < -0.4 is 16.8 Å². The molecule has 0 aromatic carbocycles. The molecule has 16 atom stereocenters. The second-order valence-corrected chi connectivity index (χ2v) is 10.0. The van der Waals surface area contributed by atoms with Crippen LogP contribution >= 0.6 is 0 Å². The molecule has 4 fully saturated rings. The van der Waals surface area contributed by atoms with Gasteiger partial charge in [-0.2, -0.15) is 0 Å². The third-order valence-electron chi connectivity index (χ3n) is 7.66. The number of quaternary nitrogens is 3. The van der Waals surface area contributed by atoms with E-state index in [1.54, 1.807) is 12.4 Å². The number of hydrogen-bond acceptors (Lipinski definition) is 13.